The van der Waals surface area contributed by atoms with E-state index in [1.165, 1.54) is 0 Å². The molecule has 0 heterocycles. The number of nitrogens with two attached hydrogens (primary N) is 1. The van der Waals surface area contributed by atoms with Gasteiger partial charge in [0.25, 0.3) is 0 Å². The molecule has 1 aromatic carbocycles. The molecule has 17 heavy (non-hydrogen) atoms. The topological polar surface area (TPSA) is 55.1 Å². The van der Waals surface area contributed by atoms with E-state index in [-0.39, 0.29) is 0 Å². The lowest BCUT2D eigenvalue weighted by Crippen LogP contribution is -2.35. The van der Waals surface area contributed by atoms with Crippen molar-refractivity contribution in [2.75, 3.05) is 6.54 Å². The minimum absolute atomic E-state index is 0.455. The second-order valence-electron chi connectivity index (χ2n) is 3.54. The highest BCUT2D eigenvalue weighted by molar-refractivity contribution is 5.82. The molecule has 0 aliphatic carbocycles. The first kappa shape index (κ1) is 13.5. The summed E-state index contributed by atoms with van der Waals surface area (Å²) in [4.78, 5) is 11.4. The van der Waals surface area contributed by atoms with Crippen molar-refractivity contribution in [2.24, 2.45) is 5.73 Å². The van der Waals surface area contributed by atoms with Crippen molar-refractivity contribution in [2.45, 2.75) is 18.6 Å². The van der Waals surface area contributed by atoms with Gasteiger partial charge in [0.2, 0.25) is 5.91 Å². The number of halogens is 3. The molecule has 1 rings (SSSR count). The quantitative estimate of drug-likeness (QED) is 0.850. The van der Waals surface area contributed by atoms with Crippen LogP contribution in [0.25, 0.3) is 0 Å². The van der Waals surface area contributed by atoms with Crippen LogP contribution in [0.1, 0.15) is 18.0 Å². The Bertz CT molecular complexity index is 365. The molecule has 94 valence electrons. The van der Waals surface area contributed by atoms with Crippen molar-refractivity contribution >= 4 is 5.91 Å². The van der Waals surface area contributed by atoms with Crippen LogP contribution in [0.5, 0.6) is 0 Å². The van der Waals surface area contributed by atoms with E-state index in [0.29, 0.717) is 5.56 Å². The van der Waals surface area contributed by atoms with Crippen molar-refractivity contribution in [3.8, 4) is 0 Å². The van der Waals surface area contributed by atoms with Gasteiger partial charge in [0.1, 0.15) is 6.04 Å². The summed E-state index contributed by atoms with van der Waals surface area (Å²) in [6.45, 7) is -0.455. The average molecular weight is 246 g/mol. The summed E-state index contributed by atoms with van der Waals surface area (Å²) in [6.07, 6.45) is -5.33. The molecule has 6 heteroatoms. The zero-order valence-electron chi connectivity index (χ0n) is 9.00. The highest BCUT2D eigenvalue weighted by atomic mass is 19.4. The van der Waals surface area contributed by atoms with Crippen LogP contribution in [0.2, 0.25) is 0 Å². The maximum absolute atomic E-state index is 11.8. The lowest BCUT2D eigenvalue weighted by Gasteiger charge is -2.13. The molecule has 1 aromatic rings. The van der Waals surface area contributed by atoms with Crippen LogP contribution in [-0.4, -0.2) is 18.6 Å². The van der Waals surface area contributed by atoms with Crippen LogP contribution in [-0.2, 0) is 4.79 Å². The van der Waals surface area contributed by atoms with Gasteiger partial charge in [-0.15, -0.1) is 0 Å². The summed E-state index contributed by atoms with van der Waals surface area (Å²) in [5, 5.41) is 2.15. The van der Waals surface area contributed by atoms with Gasteiger partial charge in [-0.25, -0.2) is 0 Å². The van der Waals surface area contributed by atoms with E-state index >= 15 is 0 Å². The van der Waals surface area contributed by atoms with E-state index in [9.17, 15) is 18.0 Å². The van der Waals surface area contributed by atoms with Crippen molar-refractivity contribution in [3.63, 3.8) is 0 Å². The zero-order valence-corrected chi connectivity index (χ0v) is 9.00. The molecule has 0 saturated carbocycles. The first-order valence-electron chi connectivity index (χ1n) is 5.05. The smallest absolute Gasteiger partial charge is 0.354 e. The summed E-state index contributed by atoms with van der Waals surface area (Å²) < 4.78 is 35.5. The Balaban J connectivity index is 2.43. The first-order valence-corrected chi connectivity index (χ1v) is 5.05. The fraction of sp³-hybridized carbons (Fsp3) is 0.364. The molecular formula is C11H13F3N2O. The Morgan fingerprint density at radius 1 is 1.29 bits per heavy atom. The molecule has 0 saturated heterocycles. The average Bonchev–Trinajstić information content (AvgIpc) is 2.27. The number of hydrogen-bond acceptors (Lipinski definition) is 2. The zero-order chi connectivity index (χ0) is 12.9. The Kier molecular flexibility index (Phi) is 4.51. The summed E-state index contributed by atoms with van der Waals surface area (Å²) in [7, 11) is 0. The van der Waals surface area contributed by atoms with Gasteiger partial charge in [0.15, 0.2) is 0 Å². The number of nitrogens with one attached hydrogen (secondary N) is 1. The number of benzene rings is 1. The third-order valence-electron chi connectivity index (χ3n) is 2.15. The van der Waals surface area contributed by atoms with E-state index in [1.807, 2.05) is 0 Å². The summed E-state index contributed by atoms with van der Waals surface area (Å²) in [5.41, 5.74) is 6.16. The number of rotatable bonds is 4. The fourth-order valence-electron chi connectivity index (χ4n) is 1.25. The van der Waals surface area contributed by atoms with Crippen LogP contribution < -0.4 is 11.1 Å². The Labute approximate surface area is 96.8 Å². The third-order valence-corrected chi connectivity index (χ3v) is 2.15. The largest absolute Gasteiger partial charge is 0.390 e. The molecule has 1 atom stereocenters. The molecule has 1 amide bonds. The van der Waals surface area contributed by atoms with E-state index in [1.54, 1.807) is 30.3 Å². The molecule has 0 bridgehead atoms. The van der Waals surface area contributed by atoms with Crippen LogP contribution in [0, 0.1) is 0 Å². The predicted octanol–water partition coefficient (Wildman–Crippen LogP) is 1.75. The number of amides is 1. The Morgan fingerprint density at radius 3 is 2.41 bits per heavy atom. The first-order chi connectivity index (χ1) is 7.90. The molecule has 0 unspecified atom stereocenters. The molecule has 0 spiro atoms. The van der Waals surface area contributed by atoms with Crippen LogP contribution in [0.15, 0.2) is 30.3 Å². The Hall–Kier alpha value is -1.56. The molecule has 0 aliphatic heterocycles. The van der Waals surface area contributed by atoms with Gasteiger partial charge in [-0.2, -0.15) is 13.2 Å². The fourth-order valence-corrected chi connectivity index (χ4v) is 1.25. The predicted molar refractivity (Wildman–Crippen MR) is 57.1 cm³/mol. The van der Waals surface area contributed by atoms with Crippen LogP contribution in [0.4, 0.5) is 13.2 Å². The minimum atomic E-state index is -4.27. The van der Waals surface area contributed by atoms with E-state index in [4.69, 9.17) is 5.73 Å². The monoisotopic (exact) mass is 246 g/mol. The van der Waals surface area contributed by atoms with E-state index in [0.717, 1.165) is 0 Å². The molecule has 0 aliphatic rings. The molecule has 0 aromatic heterocycles. The van der Waals surface area contributed by atoms with Gasteiger partial charge in [-0.1, -0.05) is 30.3 Å². The van der Waals surface area contributed by atoms with Crippen molar-refractivity contribution in [1.82, 2.24) is 5.32 Å². The van der Waals surface area contributed by atoms with Crippen molar-refractivity contribution < 1.29 is 18.0 Å². The van der Waals surface area contributed by atoms with Gasteiger partial charge >= 0.3 is 6.18 Å². The normalized spacial score (nSPS) is 13.2. The highest BCUT2D eigenvalue weighted by Crippen LogP contribution is 2.18. The Morgan fingerprint density at radius 2 is 1.88 bits per heavy atom. The molecule has 0 fully saturated rings. The van der Waals surface area contributed by atoms with Gasteiger partial charge in [0.05, 0.1) is 6.42 Å². The van der Waals surface area contributed by atoms with Crippen LogP contribution in [0.3, 0.4) is 0 Å². The SMILES string of the molecule is N[C@@H](C(=O)NCCC(F)(F)F)c1ccccc1. The summed E-state index contributed by atoms with van der Waals surface area (Å²) in [6, 6.07) is 7.53. The lowest BCUT2D eigenvalue weighted by molar-refractivity contribution is -0.135. The number of hydrogen-bond donors (Lipinski definition) is 2. The standard InChI is InChI=1S/C11H13F3N2O/c12-11(13,14)6-7-16-10(17)9(15)8-4-2-1-3-5-8/h1-5,9H,6-7,15H2,(H,16,17)/t9-/m1/s1. The minimum Gasteiger partial charge on any atom is -0.354 e. The number of carbonyl (C=O) groups excluding carboxylic acids is 1. The van der Waals surface area contributed by atoms with E-state index < -0.39 is 31.1 Å². The molecule has 3 nitrogen and oxygen atoms in total. The number of alkyl halides is 3. The van der Waals surface area contributed by atoms with Gasteiger partial charge in [-0.3, -0.25) is 4.79 Å². The van der Waals surface area contributed by atoms with Crippen molar-refractivity contribution in [3.05, 3.63) is 35.9 Å². The maximum atomic E-state index is 11.8. The third kappa shape index (κ3) is 4.86. The summed E-state index contributed by atoms with van der Waals surface area (Å²) >= 11 is 0. The van der Waals surface area contributed by atoms with Gasteiger partial charge in [-0.05, 0) is 5.56 Å². The molecule has 0 radical (unpaired) electrons. The second-order valence-corrected chi connectivity index (χ2v) is 3.54. The highest BCUT2D eigenvalue weighted by Gasteiger charge is 2.27. The van der Waals surface area contributed by atoms with Crippen LogP contribution >= 0.6 is 0 Å². The summed E-state index contributed by atoms with van der Waals surface area (Å²) in [5.74, 6) is -0.611. The molecular weight excluding hydrogens is 233 g/mol. The second kappa shape index (κ2) is 5.67. The number of carbonyl (C=O) groups is 1. The molecule has 3 N–H and O–H groups in total. The van der Waals surface area contributed by atoms with Gasteiger partial charge < -0.3 is 11.1 Å². The lowest BCUT2D eigenvalue weighted by atomic mass is 10.1. The van der Waals surface area contributed by atoms with E-state index in [2.05, 4.69) is 5.32 Å². The maximum Gasteiger partial charge on any atom is 0.390 e. The van der Waals surface area contributed by atoms with Crippen molar-refractivity contribution in [1.29, 1.82) is 0 Å². The van der Waals surface area contributed by atoms with Gasteiger partial charge in [0, 0.05) is 6.54 Å².